The smallest absolute Gasteiger partial charge is 0.496 e. The summed E-state index contributed by atoms with van der Waals surface area (Å²) >= 11 is 1.33. The number of alkyl halides is 2. The molecule has 0 bridgehead atoms. The molecule has 190 valence electrons. The molecule has 4 aromatic rings. The number of nitrogens with one attached hydrogen (secondary N) is 2. The van der Waals surface area contributed by atoms with Gasteiger partial charge in [-0.05, 0) is 31.2 Å². The molecule has 0 unspecified atom stereocenters. The lowest BCUT2D eigenvalue weighted by molar-refractivity contribution is -0.286. The Bertz CT molecular complexity index is 1560. The minimum Gasteiger partial charge on any atom is -0.496 e. The van der Waals surface area contributed by atoms with Gasteiger partial charge in [-0.25, -0.2) is 9.97 Å². The number of ether oxygens (including phenoxy) is 4. The van der Waals surface area contributed by atoms with E-state index >= 15 is 0 Å². The van der Waals surface area contributed by atoms with E-state index in [0.29, 0.717) is 16.0 Å². The maximum atomic E-state index is 13.4. The molecule has 1 aliphatic heterocycles. The summed E-state index contributed by atoms with van der Waals surface area (Å²) in [7, 11) is 2.82. The van der Waals surface area contributed by atoms with Crippen LogP contribution in [0, 0.1) is 6.92 Å². The molecule has 0 saturated carbocycles. The van der Waals surface area contributed by atoms with Crippen LogP contribution in [0.5, 0.6) is 23.1 Å². The number of rotatable bonds is 6. The van der Waals surface area contributed by atoms with Gasteiger partial charge in [0.05, 0.1) is 46.9 Å². The zero-order chi connectivity index (χ0) is 26.3. The van der Waals surface area contributed by atoms with Gasteiger partial charge in [0.1, 0.15) is 11.3 Å². The average molecular weight is 528 g/mol. The molecule has 2 aromatic carbocycles. The molecule has 0 fully saturated rings. The summed E-state index contributed by atoms with van der Waals surface area (Å²) in [5, 5.41) is 6.07. The van der Waals surface area contributed by atoms with E-state index in [-0.39, 0.29) is 39.9 Å². The monoisotopic (exact) mass is 528 g/mol. The number of hydrogen-bond acceptors (Lipinski definition) is 9. The maximum Gasteiger partial charge on any atom is 0.586 e. The Hall–Kier alpha value is -4.52. The van der Waals surface area contributed by atoms with E-state index in [1.165, 1.54) is 56.0 Å². The molecule has 0 spiro atoms. The summed E-state index contributed by atoms with van der Waals surface area (Å²) in [6.45, 7) is 1.83. The van der Waals surface area contributed by atoms with E-state index in [1.54, 1.807) is 12.1 Å². The number of carbonyl (C=O) groups excluding carboxylic acids is 2. The molecule has 10 nitrogen and oxygen atoms in total. The van der Waals surface area contributed by atoms with Crippen LogP contribution in [0.1, 0.15) is 25.7 Å². The van der Waals surface area contributed by atoms with Crippen molar-refractivity contribution in [3.63, 3.8) is 0 Å². The molecule has 0 atom stereocenters. The van der Waals surface area contributed by atoms with Crippen LogP contribution in [-0.2, 0) is 0 Å². The van der Waals surface area contributed by atoms with Crippen LogP contribution in [-0.4, -0.2) is 42.3 Å². The fourth-order valence-corrected chi connectivity index (χ4v) is 4.67. The first-order valence-corrected chi connectivity index (χ1v) is 11.5. The van der Waals surface area contributed by atoms with Crippen molar-refractivity contribution in [3.8, 4) is 23.1 Å². The highest BCUT2D eigenvalue weighted by molar-refractivity contribution is 7.19. The quantitative estimate of drug-likeness (QED) is 0.365. The zero-order valence-corrected chi connectivity index (χ0v) is 20.4. The Balaban J connectivity index is 1.46. The van der Waals surface area contributed by atoms with Crippen LogP contribution < -0.4 is 29.6 Å². The second kappa shape index (κ2) is 9.17. The van der Waals surface area contributed by atoms with E-state index in [4.69, 9.17) is 9.47 Å². The van der Waals surface area contributed by atoms with E-state index in [1.807, 2.05) is 6.92 Å². The average Bonchev–Trinajstić information content (AvgIpc) is 3.39. The highest BCUT2D eigenvalue weighted by Crippen LogP contribution is 2.42. The van der Waals surface area contributed by atoms with Crippen molar-refractivity contribution in [3.05, 3.63) is 58.7 Å². The van der Waals surface area contributed by atoms with Crippen molar-refractivity contribution >= 4 is 44.7 Å². The number of carbonyl (C=O) groups is 2. The van der Waals surface area contributed by atoms with E-state index in [0.717, 1.165) is 5.01 Å². The number of aryl methyl sites for hydroxylation is 1. The number of nitrogens with zero attached hydrogens (tertiary/aromatic N) is 2. The number of benzene rings is 2. The van der Waals surface area contributed by atoms with E-state index in [9.17, 15) is 18.4 Å². The Morgan fingerprint density at radius 3 is 2.54 bits per heavy atom. The van der Waals surface area contributed by atoms with Crippen molar-refractivity contribution in [2.75, 3.05) is 24.9 Å². The van der Waals surface area contributed by atoms with Crippen LogP contribution >= 0.6 is 11.3 Å². The normalized spacial score (nSPS) is 13.3. The first kappa shape index (κ1) is 24.2. The molecule has 13 heteroatoms. The first-order valence-electron chi connectivity index (χ1n) is 10.7. The number of pyridine rings is 1. The number of thiazole rings is 1. The van der Waals surface area contributed by atoms with Gasteiger partial charge in [0.15, 0.2) is 11.5 Å². The molecule has 2 amide bonds. The Kier molecular flexibility index (Phi) is 5.99. The van der Waals surface area contributed by atoms with Gasteiger partial charge >= 0.3 is 6.29 Å². The lowest BCUT2D eigenvalue weighted by atomic mass is 10.1. The number of anilines is 2. The van der Waals surface area contributed by atoms with Gasteiger partial charge in [0.25, 0.3) is 11.8 Å². The second-order valence-corrected chi connectivity index (χ2v) is 8.94. The molecule has 5 rings (SSSR count). The van der Waals surface area contributed by atoms with Gasteiger partial charge in [-0.15, -0.1) is 20.1 Å². The largest absolute Gasteiger partial charge is 0.586 e. The molecular weight excluding hydrogens is 510 g/mol. The summed E-state index contributed by atoms with van der Waals surface area (Å²) in [5.74, 6) is -1.16. The van der Waals surface area contributed by atoms with Crippen molar-refractivity contribution in [1.82, 2.24) is 9.97 Å². The van der Waals surface area contributed by atoms with Crippen LogP contribution in [0.15, 0.2) is 42.6 Å². The van der Waals surface area contributed by atoms with Crippen LogP contribution in [0.2, 0.25) is 0 Å². The highest BCUT2D eigenvalue weighted by Gasteiger charge is 2.43. The predicted molar refractivity (Wildman–Crippen MR) is 130 cm³/mol. The van der Waals surface area contributed by atoms with Crippen LogP contribution in [0.3, 0.4) is 0 Å². The zero-order valence-electron chi connectivity index (χ0n) is 19.5. The molecule has 37 heavy (non-hydrogen) atoms. The minimum absolute atomic E-state index is 0.00910. The van der Waals surface area contributed by atoms with Gasteiger partial charge < -0.3 is 29.6 Å². The Morgan fingerprint density at radius 1 is 1.00 bits per heavy atom. The number of fused-ring (bicyclic) bond motifs is 2. The number of aromatic nitrogens is 2. The molecule has 3 heterocycles. The third-order valence-electron chi connectivity index (χ3n) is 5.31. The molecule has 0 saturated heterocycles. The van der Waals surface area contributed by atoms with Gasteiger partial charge in [-0.1, -0.05) is 0 Å². The van der Waals surface area contributed by atoms with E-state index < -0.39 is 18.1 Å². The Labute approximate surface area is 212 Å². The Morgan fingerprint density at radius 2 is 1.78 bits per heavy atom. The fourth-order valence-electron chi connectivity index (χ4n) is 3.72. The van der Waals surface area contributed by atoms with Gasteiger partial charge in [0.2, 0.25) is 5.88 Å². The summed E-state index contributed by atoms with van der Waals surface area (Å²) in [6, 6.07) is 8.54. The topological polar surface area (TPSA) is 121 Å². The number of halogens is 2. The van der Waals surface area contributed by atoms with Crippen molar-refractivity contribution in [1.29, 1.82) is 0 Å². The third kappa shape index (κ3) is 4.68. The maximum absolute atomic E-state index is 13.4. The second-order valence-electron chi connectivity index (χ2n) is 7.73. The van der Waals surface area contributed by atoms with Gasteiger partial charge in [-0.2, -0.15) is 0 Å². The predicted octanol–water partition coefficient (Wildman–Crippen LogP) is 4.84. The summed E-state index contributed by atoms with van der Waals surface area (Å²) < 4.78 is 46.6. The fraction of sp³-hybridized carbons (Fsp3) is 0.167. The number of methoxy groups -OCH3 is 2. The summed E-state index contributed by atoms with van der Waals surface area (Å²) in [4.78, 5) is 35.1. The SMILES string of the molecule is COc1cc(C(=O)Nc2ccc3c(c2)OC(F)(F)O3)c(NC(=O)c2c(OC)ccc3nc(C)sc23)cn1. The molecule has 2 N–H and O–H groups in total. The molecule has 2 aromatic heterocycles. The standard InChI is InChI=1S/C24H18F2N4O6S/c1-11-28-14-5-7-17(33-2)20(21(14)37-11)23(32)30-15-10-27-19(34-3)9-13(15)22(31)29-12-4-6-16-18(8-12)36-24(25,26)35-16/h4-10H,1-3H3,(H,29,31)(H,30,32). The van der Waals surface area contributed by atoms with E-state index in [2.05, 4.69) is 30.1 Å². The molecule has 0 aliphatic carbocycles. The van der Waals surface area contributed by atoms with Crippen LogP contribution in [0.25, 0.3) is 10.2 Å². The number of hydrogen-bond donors (Lipinski definition) is 2. The molecule has 0 radical (unpaired) electrons. The van der Waals surface area contributed by atoms with Gasteiger partial charge in [0, 0.05) is 17.8 Å². The number of amides is 2. The van der Waals surface area contributed by atoms with Crippen molar-refractivity contribution in [2.45, 2.75) is 13.2 Å². The lowest BCUT2D eigenvalue weighted by Crippen LogP contribution is -2.25. The van der Waals surface area contributed by atoms with Crippen molar-refractivity contribution < 1.29 is 37.3 Å². The summed E-state index contributed by atoms with van der Waals surface area (Å²) in [6.07, 6.45) is -2.52. The van der Waals surface area contributed by atoms with Crippen LogP contribution in [0.4, 0.5) is 20.2 Å². The first-order chi connectivity index (χ1) is 17.7. The van der Waals surface area contributed by atoms with Gasteiger partial charge in [-0.3, -0.25) is 9.59 Å². The highest BCUT2D eigenvalue weighted by atomic mass is 32.1. The molecular formula is C24H18F2N4O6S. The lowest BCUT2D eigenvalue weighted by Gasteiger charge is -2.14. The minimum atomic E-state index is -3.79. The third-order valence-corrected chi connectivity index (χ3v) is 6.32. The molecule has 1 aliphatic rings. The van der Waals surface area contributed by atoms with Crippen molar-refractivity contribution in [2.24, 2.45) is 0 Å². The summed E-state index contributed by atoms with van der Waals surface area (Å²) in [5.41, 5.74) is 1.13.